The van der Waals surface area contributed by atoms with E-state index in [4.69, 9.17) is 17.0 Å². The third-order valence-corrected chi connectivity index (χ3v) is 5.16. The summed E-state index contributed by atoms with van der Waals surface area (Å²) in [5, 5.41) is 18.4. The minimum Gasteiger partial charge on any atom is -0.387 e. The molecule has 0 saturated heterocycles. The van der Waals surface area contributed by atoms with Gasteiger partial charge in [-0.2, -0.15) is 5.10 Å². The van der Waals surface area contributed by atoms with Crippen molar-refractivity contribution in [1.82, 2.24) is 25.1 Å². The number of aryl methyl sites for hydroxylation is 1. The normalized spacial score (nSPS) is 12.0. The van der Waals surface area contributed by atoms with Gasteiger partial charge in [0.05, 0.1) is 10.7 Å². The van der Waals surface area contributed by atoms with Gasteiger partial charge in [-0.1, -0.05) is 18.5 Å². The standard InChI is InChI=1S/C21H21ClF3N7/c1-4-14(18(27-3)12-5-7-13(23)8-6-12)21(26)30-15-9-16(29-10-28-15)32-19(20(24)25)17(22)11(2)31-32/h5-10,20,27H,4H2,1-3H3,(H2,26,28,29,30)/b18-14-. The van der Waals surface area contributed by atoms with Gasteiger partial charge in [0.1, 0.15) is 29.5 Å². The van der Waals surface area contributed by atoms with Crippen molar-refractivity contribution >= 4 is 29.0 Å². The maximum Gasteiger partial charge on any atom is 0.282 e. The first-order valence-corrected chi connectivity index (χ1v) is 10.0. The summed E-state index contributed by atoms with van der Waals surface area (Å²) in [6.07, 6.45) is -1.18. The highest BCUT2D eigenvalue weighted by Gasteiger charge is 2.24. The number of aromatic nitrogens is 4. The Balaban J connectivity index is 1.95. The van der Waals surface area contributed by atoms with E-state index >= 15 is 0 Å². The minimum absolute atomic E-state index is 0.0367. The molecule has 2 aromatic heterocycles. The molecule has 1 aromatic carbocycles. The minimum atomic E-state index is -2.85. The zero-order valence-corrected chi connectivity index (χ0v) is 18.3. The molecule has 0 amide bonds. The van der Waals surface area contributed by atoms with E-state index in [0.29, 0.717) is 23.3 Å². The predicted octanol–water partition coefficient (Wildman–Crippen LogP) is 5.13. The quantitative estimate of drug-likeness (QED) is 0.333. The summed E-state index contributed by atoms with van der Waals surface area (Å²) in [5.41, 5.74) is 1.76. The van der Waals surface area contributed by atoms with Gasteiger partial charge in [-0.05, 0) is 43.2 Å². The Hall–Kier alpha value is -3.40. The highest BCUT2D eigenvalue weighted by Crippen LogP contribution is 2.31. The second kappa shape index (κ2) is 9.82. The van der Waals surface area contributed by atoms with E-state index in [-0.39, 0.29) is 34.0 Å². The summed E-state index contributed by atoms with van der Waals surface area (Å²) < 4.78 is 41.2. The Bertz CT molecular complexity index is 1160. The number of hydrogen-bond donors (Lipinski definition) is 3. The lowest BCUT2D eigenvalue weighted by atomic mass is 10.0. The number of hydrogen-bond acceptors (Lipinski definition) is 5. The molecule has 0 unspecified atom stereocenters. The van der Waals surface area contributed by atoms with Gasteiger partial charge < -0.3 is 10.6 Å². The summed E-state index contributed by atoms with van der Waals surface area (Å²) in [5.74, 6) is -0.0318. The molecule has 2 heterocycles. The van der Waals surface area contributed by atoms with Crippen LogP contribution in [0.1, 0.15) is 36.7 Å². The number of alkyl halides is 2. The smallest absolute Gasteiger partial charge is 0.282 e. The van der Waals surface area contributed by atoms with Crippen LogP contribution in [0.4, 0.5) is 19.0 Å². The molecule has 32 heavy (non-hydrogen) atoms. The van der Waals surface area contributed by atoms with Crippen molar-refractivity contribution in [1.29, 1.82) is 5.41 Å². The molecule has 0 aliphatic carbocycles. The lowest BCUT2D eigenvalue weighted by Gasteiger charge is -2.17. The zero-order chi connectivity index (χ0) is 23.4. The fraction of sp³-hybridized carbons (Fsp3) is 0.238. The van der Waals surface area contributed by atoms with E-state index in [0.717, 1.165) is 4.68 Å². The highest BCUT2D eigenvalue weighted by molar-refractivity contribution is 6.32. The third-order valence-electron chi connectivity index (χ3n) is 4.69. The first-order chi connectivity index (χ1) is 15.3. The van der Waals surface area contributed by atoms with Crippen LogP contribution in [0.3, 0.4) is 0 Å². The lowest BCUT2D eigenvalue weighted by molar-refractivity contribution is 0.142. The molecule has 3 aromatic rings. The molecule has 3 N–H and O–H groups in total. The molecule has 0 radical (unpaired) electrons. The van der Waals surface area contributed by atoms with Crippen molar-refractivity contribution in [3.05, 3.63) is 70.0 Å². The van der Waals surface area contributed by atoms with Crippen LogP contribution in [-0.4, -0.2) is 32.6 Å². The molecular weight excluding hydrogens is 443 g/mol. The number of amidine groups is 1. The van der Waals surface area contributed by atoms with Crippen LogP contribution in [0.15, 0.2) is 42.2 Å². The largest absolute Gasteiger partial charge is 0.387 e. The summed E-state index contributed by atoms with van der Waals surface area (Å²) in [7, 11) is 1.71. The fourth-order valence-electron chi connectivity index (χ4n) is 3.19. The Kier molecular flexibility index (Phi) is 7.14. The lowest BCUT2D eigenvalue weighted by Crippen LogP contribution is -2.20. The van der Waals surface area contributed by atoms with Crippen molar-refractivity contribution in [2.24, 2.45) is 0 Å². The summed E-state index contributed by atoms with van der Waals surface area (Å²) >= 11 is 5.97. The molecule has 3 rings (SSSR count). The van der Waals surface area contributed by atoms with E-state index in [2.05, 4.69) is 25.7 Å². The van der Waals surface area contributed by atoms with Gasteiger partial charge >= 0.3 is 0 Å². The number of nitrogens with zero attached hydrogens (tertiary/aromatic N) is 4. The molecule has 0 aliphatic rings. The van der Waals surface area contributed by atoms with Gasteiger partial charge in [-0.15, -0.1) is 0 Å². The number of nitrogens with one attached hydrogen (secondary N) is 3. The SMILES string of the molecule is CC/C(C(=N)Nc1cc(-n2nc(C)c(Cl)c2C(F)F)ncn1)=C(/NC)c1ccc(F)cc1. The molecule has 0 bridgehead atoms. The van der Waals surface area contributed by atoms with Crippen LogP contribution in [0.5, 0.6) is 0 Å². The molecule has 0 saturated carbocycles. The summed E-state index contributed by atoms with van der Waals surface area (Å²) in [6.45, 7) is 3.40. The maximum atomic E-state index is 13.5. The van der Waals surface area contributed by atoms with Crippen LogP contribution < -0.4 is 10.6 Å². The molecular formula is C21H21ClF3N7. The van der Waals surface area contributed by atoms with Crippen molar-refractivity contribution in [2.75, 3.05) is 12.4 Å². The second-order valence-electron chi connectivity index (χ2n) is 6.72. The first-order valence-electron chi connectivity index (χ1n) is 9.65. The Labute approximate surface area is 187 Å². The molecule has 0 spiro atoms. The van der Waals surface area contributed by atoms with E-state index in [9.17, 15) is 13.2 Å². The van der Waals surface area contributed by atoms with Crippen LogP contribution in [0, 0.1) is 18.2 Å². The van der Waals surface area contributed by atoms with Crippen LogP contribution in [0.2, 0.25) is 5.02 Å². The van der Waals surface area contributed by atoms with Crippen molar-refractivity contribution < 1.29 is 13.2 Å². The van der Waals surface area contributed by atoms with Crippen molar-refractivity contribution in [3.8, 4) is 5.82 Å². The summed E-state index contributed by atoms with van der Waals surface area (Å²) in [6, 6.07) is 7.30. The van der Waals surface area contributed by atoms with Crippen LogP contribution in [0.25, 0.3) is 11.5 Å². The number of rotatable bonds is 7. The molecule has 11 heteroatoms. The monoisotopic (exact) mass is 463 g/mol. The molecule has 0 aliphatic heterocycles. The van der Waals surface area contributed by atoms with Gasteiger partial charge in [0.25, 0.3) is 6.43 Å². The van der Waals surface area contributed by atoms with Crippen molar-refractivity contribution in [3.63, 3.8) is 0 Å². The zero-order valence-electron chi connectivity index (χ0n) is 17.5. The van der Waals surface area contributed by atoms with Crippen LogP contribution >= 0.6 is 11.6 Å². The Morgan fingerprint density at radius 3 is 2.50 bits per heavy atom. The highest BCUT2D eigenvalue weighted by atomic mass is 35.5. The molecule has 0 atom stereocenters. The van der Waals surface area contributed by atoms with Gasteiger partial charge in [-0.25, -0.2) is 27.8 Å². The first kappa shape index (κ1) is 23.3. The Morgan fingerprint density at radius 1 is 1.22 bits per heavy atom. The molecule has 0 fully saturated rings. The van der Waals surface area contributed by atoms with Gasteiger partial charge in [0.15, 0.2) is 5.82 Å². The molecule has 7 nitrogen and oxygen atoms in total. The van der Waals surface area contributed by atoms with E-state index in [1.54, 1.807) is 19.2 Å². The van der Waals surface area contributed by atoms with E-state index in [1.807, 2.05) is 6.92 Å². The van der Waals surface area contributed by atoms with Crippen LogP contribution in [-0.2, 0) is 0 Å². The average molecular weight is 464 g/mol. The van der Waals surface area contributed by atoms with Crippen molar-refractivity contribution in [2.45, 2.75) is 26.7 Å². The number of anilines is 1. The maximum absolute atomic E-state index is 13.5. The average Bonchev–Trinajstić information content (AvgIpc) is 3.07. The van der Waals surface area contributed by atoms with Gasteiger partial charge in [0.2, 0.25) is 0 Å². The van der Waals surface area contributed by atoms with Gasteiger partial charge in [0, 0.05) is 24.4 Å². The second-order valence-corrected chi connectivity index (χ2v) is 7.10. The number of halogens is 4. The van der Waals surface area contributed by atoms with Gasteiger partial charge in [-0.3, -0.25) is 5.41 Å². The Morgan fingerprint density at radius 2 is 1.91 bits per heavy atom. The van der Waals surface area contributed by atoms with E-state index in [1.165, 1.54) is 31.5 Å². The topological polar surface area (TPSA) is 91.5 Å². The molecule has 168 valence electrons. The fourth-order valence-corrected chi connectivity index (χ4v) is 3.39. The van der Waals surface area contributed by atoms with E-state index < -0.39 is 12.1 Å². The predicted molar refractivity (Wildman–Crippen MR) is 118 cm³/mol. The summed E-state index contributed by atoms with van der Waals surface area (Å²) in [4.78, 5) is 8.09. The number of benzene rings is 1. The third kappa shape index (κ3) is 4.75.